The summed E-state index contributed by atoms with van der Waals surface area (Å²) in [5, 5.41) is 0.323. The zero-order valence-corrected chi connectivity index (χ0v) is 17.6. The molecule has 1 amide bonds. The van der Waals surface area contributed by atoms with Crippen LogP contribution in [-0.4, -0.2) is 53.0 Å². The summed E-state index contributed by atoms with van der Waals surface area (Å²) < 4.78 is 26.2. The normalized spacial score (nSPS) is 17.7. The third-order valence-corrected chi connectivity index (χ3v) is 6.56. The van der Waals surface area contributed by atoms with E-state index in [4.69, 9.17) is 0 Å². The lowest BCUT2D eigenvalue weighted by atomic mass is 9.94. The Hall–Kier alpha value is -3.29. The van der Waals surface area contributed by atoms with E-state index in [-0.39, 0.29) is 11.3 Å². The SMILES string of the molecule is O=C(N1CCN(c2ccc3c(=O)n(CC(F)F)cnc3c2)CC1)C1(c2ccccc2)CC1. The summed E-state index contributed by atoms with van der Waals surface area (Å²) in [4.78, 5) is 34.0. The molecule has 32 heavy (non-hydrogen) atoms. The smallest absolute Gasteiger partial charge is 0.261 e. The first-order chi connectivity index (χ1) is 15.5. The minimum absolute atomic E-state index is 0.211. The van der Waals surface area contributed by atoms with Gasteiger partial charge in [-0.3, -0.25) is 14.2 Å². The van der Waals surface area contributed by atoms with Gasteiger partial charge in [-0.2, -0.15) is 0 Å². The maximum atomic E-state index is 13.3. The first-order valence-electron chi connectivity index (χ1n) is 10.9. The number of aromatic nitrogens is 2. The molecule has 0 radical (unpaired) electrons. The van der Waals surface area contributed by atoms with Crippen LogP contribution in [0.4, 0.5) is 14.5 Å². The standard InChI is InChI=1S/C24H24F2N4O2/c25-21(26)15-30-16-27-20-14-18(6-7-19(20)22(30)31)28-10-12-29(13-11-28)23(32)24(8-9-24)17-4-2-1-3-5-17/h1-7,14,16,21H,8-13,15H2. The monoisotopic (exact) mass is 438 g/mol. The van der Waals surface area contributed by atoms with Gasteiger partial charge in [0.15, 0.2) is 0 Å². The second kappa shape index (κ2) is 8.00. The Kier molecular flexibility index (Phi) is 5.15. The number of amides is 1. The maximum absolute atomic E-state index is 13.3. The predicted molar refractivity (Wildman–Crippen MR) is 118 cm³/mol. The van der Waals surface area contributed by atoms with Crippen LogP contribution < -0.4 is 10.5 Å². The Morgan fingerprint density at radius 2 is 1.75 bits per heavy atom. The molecular formula is C24H24F2N4O2. The van der Waals surface area contributed by atoms with E-state index in [1.54, 1.807) is 6.07 Å². The summed E-state index contributed by atoms with van der Waals surface area (Å²) in [5.74, 6) is 0.211. The first-order valence-corrected chi connectivity index (χ1v) is 10.9. The van der Waals surface area contributed by atoms with Crippen LogP contribution in [0.25, 0.3) is 10.9 Å². The van der Waals surface area contributed by atoms with Crippen LogP contribution >= 0.6 is 0 Å². The molecule has 5 rings (SSSR count). The summed E-state index contributed by atoms with van der Waals surface area (Å²) in [6.07, 6.45) is 0.364. The maximum Gasteiger partial charge on any atom is 0.261 e. The first kappa shape index (κ1) is 20.6. The van der Waals surface area contributed by atoms with Crippen molar-refractivity contribution in [3.8, 4) is 0 Å². The van der Waals surface area contributed by atoms with E-state index < -0.39 is 18.5 Å². The molecule has 0 spiro atoms. The van der Waals surface area contributed by atoms with Crippen molar-refractivity contribution in [2.24, 2.45) is 0 Å². The molecule has 2 aromatic carbocycles. The number of piperazine rings is 1. The molecule has 8 heteroatoms. The van der Waals surface area contributed by atoms with E-state index >= 15 is 0 Å². The van der Waals surface area contributed by atoms with Crippen LogP contribution in [0.1, 0.15) is 18.4 Å². The molecule has 1 aliphatic carbocycles. The lowest BCUT2D eigenvalue weighted by molar-refractivity contribution is -0.134. The van der Waals surface area contributed by atoms with Crippen molar-refractivity contribution < 1.29 is 13.6 Å². The third kappa shape index (κ3) is 3.63. The highest BCUT2D eigenvalue weighted by molar-refractivity contribution is 5.91. The molecule has 2 heterocycles. The third-order valence-electron chi connectivity index (χ3n) is 6.56. The van der Waals surface area contributed by atoms with Crippen molar-refractivity contribution in [3.05, 3.63) is 70.8 Å². The van der Waals surface area contributed by atoms with Gasteiger partial charge >= 0.3 is 0 Å². The minimum atomic E-state index is -2.61. The van der Waals surface area contributed by atoms with Crippen LogP contribution in [0.2, 0.25) is 0 Å². The molecular weight excluding hydrogens is 414 g/mol. The Morgan fingerprint density at radius 3 is 2.41 bits per heavy atom. The molecule has 3 aromatic rings. The van der Waals surface area contributed by atoms with Crippen LogP contribution in [0, 0.1) is 0 Å². The van der Waals surface area contributed by atoms with E-state index in [2.05, 4.69) is 9.88 Å². The fourth-order valence-corrected chi connectivity index (χ4v) is 4.60. The van der Waals surface area contributed by atoms with Crippen molar-refractivity contribution in [1.82, 2.24) is 14.5 Å². The molecule has 0 atom stereocenters. The summed E-state index contributed by atoms with van der Waals surface area (Å²) in [5.41, 5.74) is 1.68. The lowest BCUT2D eigenvalue weighted by Crippen LogP contribution is -2.51. The number of fused-ring (bicyclic) bond motifs is 1. The van der Waals surface area contributed by atoms with Crippen molar-refractivity contribution in [3.63, 3.8) is 0 Å². The number of benzene rings is 2. The molecule has 0 unspecified atom stereocenters. The highest BCUT2D eigenvalue weighted by Gasteiger charge is 2.53. The fraction of sp³-hybridized carbons (Fsp3) is 0.375. The number of hydrogen-bond acceptors (Lipinski definition) is 4. The number of halogens is 2. The molecule has 1 aromatic heterocycles. The number of carbonyl (C=O) groups excluding carboxylic acids is 1. The summed E-state index contributed by atoms with van der Waals surface area (Å²) in [6, 6.07) is 15.3. The number of anilines is 1. The molecule has 166 valence electrons. The van der Waals surface area contributed by atoms with Gasteiger partial charge < -0.3 is 9.80 Å². The highest BCUT2D eigenvalue weighted by atomic mass is 19.3. The Bertz CT molecular complexity index is 1200. The zero-order valence-electron chi connectivity index (χ0n) is 17.6. The quantitative estimate of drug-likeness (QED) is 0.615. The topological polar surface area (TPSA) is 58.4 Å². The Balaban J connectivity index is 1.29. The number of alkyl halides is 2. The van der Waals surface area contributed by atoms with Crippen molar-refractivity contribution >= 4 is 22.5 Å². The van der Waals surface area contributed by atoms with Crippen LogP contribution in [0.15, 0.2) is 59.7 Å². The van der Waals surface area contributed by atoms with E-state index in [0.29, 0.717) is 37.1 Å². The van der Waals surface area contributed by atoms with Gasteiger partial charge in [0.25, 0.3) is 12.0 Å². The molecule has 2 fully saturated rings. The highest BCUT2D eigenvalue weighted by Crippen LogP contribution is 2.49. The van der Waals surface area contributed by atoms with Gasteiger partial charge in [-0.15, -0.1) is 0 Å². The van der Waals surface area contributed by atoms with E-state index in [1.165, 1.54) is 6.33 Å². The molecule has 1 saturated carbocycles. The van der Waals surface area contributed by atoms with Gasteiger partial charge in [-0.25, -0.2) is 13.8 Å². The second-order valence-electron chi connectivity index (χ2n) is 8.52. The number of rotatable bonds is 5. The van der Waals surface area contributed by atoms with Gasteiger partial charge in [0, 0.05) is 31.9 Å². The summed E-state index contributed by atoms with van der Waals surface area (Å²) >= 11 is 0. The van der Waals surface area contributed by atoms with Crippen LogP contribution in [-0.2, 0) is 16.8 Å². The van der Waals surface area contributed by atoms with Crippen molar-refractivity contribution in [1.29, 1.82) is 0 Å². The van der Waals surface area contributed by atoms with Crippen LogP contribution in [0.5, 0.6) is 0 Å². The molecule has 1 aliphatic heterocycles. The number of carbonyl (C=O) groups is 1. The van der Waals surface area contributed by atoms with Gasteiger partial charge in [-0.05, 0) is 36.6 Å². The fourth-order valence-electron chi connectivity index (χ4n) is 4.60. The average molecular weight is 438 g/mol. The molecule has 0 N–H and O–H groups in total. The predicted octanol–water partition coefficient (Wildman–Crippen LogP) is 3.04. The van der Waals surface area contributed by atoms with Gasteiger partial charge in [0.1, 0.15) is 0 Å². The largest absolute Gasteiger partial charge is 0.368 e. The second-order valence-corrected chi connectivity index (χ2v) is 8.52. The van der Waals surface area contributed by atoms with Crippen molar-refractivity contribution in [2.45, 2.75) is 31.2 Å². The van der Waals surface area contributed by atoms with Gasteiger partial charge in [0.2, 0.25) is 5.91 Å². The average Bonchev–Trinajstić information content (AvgIpc) is 3.63. The van der Waals surface area contributed by atoms with Crippen LogP contribution in [0.3, 0.4) is 0 Å². The molecule has 6 nitrogen and oxygen atoms in total. The lowest BCUT2D eigenvalue weighted by Gasteiger charge is -2.38. The zero-order chi connectivity index (χ0) is 22.3. The minimum Gasteiger partial charge on any atom is -0.368 e. The van der Waals surface area contributed by atoms with Crippen molar-refractivity contribution in [2.75, 3.05) is 31.1 Å². The van der Waals surface area contributed by atoms with E-state index in [1.807, 2.05) is 47.4 Å². The summed E-state index contributed by atoms with van der Waals surface area (Å²) in [7, 11) is 0. The Morgan fingerprint density at radius 1 is 1.03 bits per heavy atom. The number of hydrogen-bond donors (Lipinski definition) is 0. The van der Waals surface area contributed by atoms with E-state index in [0.717, 1.165) is 28.7 Å². The molecule has 2 aliphatic rings. The van der Waals surface area contributed by atoms with Gasteiger partial charge in [0.05, 0.1) is 29.2 Å². The molecule has 1 saturated heterocycles. The summed E-state index contributed by atoms with van der Waals surface area (Å²) in [6.45, 7) is 1.98. The van der Waals surface area contributed by atoms with Gasteiger partial charge in [-0.1, -0.05) is 30.3 Å². The number of nitrogens with zero attached hydrogens (tertiary/aromatic N) is 4. The van der Waals surface area contributed by atoms with E-state index in [9.17, 15) is 18.4 Å². The Labute approximate surface area is 184 Å². The molecule has 0 bridgehead atoms.